The van der Waals surface area contributed by atoms with Crippen molar-refractivity contribution in [3.8, 4) is 0 Å². The van der Waals surface area contributed by atoms with Gasteiger partial charge in [0.15, 0.2) is 6.10 Å². The molecule has 0 aromatic heterocycles. The number of rotatable bonds is 6. The van der Waals surface area contributed by atoms with Crippen molar-refractivity contribution in [3.63, 3.8) is 0 Å². The van der Waals surface area contributed by atoms with Crippen molar-refractivity contribution < 1.29 is 23.9 Å². The summed E-state index contributed by atoms with van der Waals surface area (Å²) in [6.45, 7) is 1.50. The minimum Gasteiger partial charge on any atom is -0.451 e. The van der Waals surface area contributed by atoms with Crippen LogP contribution in [0.2, 0.25) is 5.02 Å². The van der Waals surface area contributed by atoms with Gasteiger partial charge in [-0.15, -0.1) is 0 Å². The van der Waals surface area contributed by atoms with Crippen LogP contribution in [0.3, 0.4) is 0 Å². The number of halogens is 1. The topological polar surface area (TPSA) is 80.8 Å². The van der Waals surface area contributed by atoms with Crippen LogP contribution in [-0.4, -0.2) is 29.7 Å². The third-order valence-corrected chi connectivity index (χ3v) is 7.57. The van der Waals surface area contributed by atoms with Crippen molar-refractivity contribution in [2.24, 2.45) is 11.8 Å². The Hall–Kier alpha value is -3.77. The number of carbonyl (C=O) groups excluding carboxylic acids is 4. The number of anilines is 1. The average Bonchev–Trinajstić information content (AvgIpc) is 3.18. The number of esters is 1. The summed E-state index contributed by atoms with van der Waals surface area (Å²) in [7, 11) is 0. The Morgan fingerprint density at radius 2 is 1.57 bits per heavy atom. The number of ether oxygens (including phenoxy) is 1. The first kappa shape index (κ1) is 24.9. The zero-order valence-corrected chi connectivity index (χ0v) is 21.1. The molecule has 0 unspecified atom stereocenters. The van der Waals surface area contributed by atoms with E-state index in [1.165, 1.54) is 29.5 Å². The molecule has 2 fully saturated rings. The summed E-state index contributed by atoms with van der Waals surface area (Å²) in [6.07, 6.45) is 1.11. The minimum atomic E-state index is -1.02. The predicted molar refractivity (Wildman–Crippen MR) is 140 cm³/mol. The molecule has 0 bridgehead atoms. The van der Waals surface area contributed by atoms with Gasteiger partial charge in [-0.1, -0.05) is 48.0 Å². The summed E-state index contributed by atoms with van der Waals surface area (Å²) in [5, 5.41) is 0.499. The van der Waals surface area contributed by atoms with Gasteiger partial charge in [-0.3, -0.25) is 19.3 Å². The predicted octanol–water partition coefficient (Wildman–Crippen LogP) is 5.84. The first-order valence-corrected chi connectivity index (χ1v) is 12.7. The Morgan fingerprint density at radius 3 is 2.30 bits per heavy atom. The molecule has 0 spiro atoms. The Balaban J connectivity index is 1.30. The fourth-order valence-corrected chi connectivity index (χ4v) is 5.49. The molecule has 5 rings (SSSR count). The number of fused-ring (bicyclic) bond motifs is 1. The van der Waals surface area contributed by atoms with E-state index in [0.717, 1.165) is 6.42 Å². The molecule has 7 heteroatoms. The number of hydrogen-bond acceptors (Lipinski definition) is 5. The molecule has 3 aromatic carbocycles. The zero-order valence-electron chi connectivity index (χ0n) is 20.3. The van der Waals surface area contributed by atoms with E-state index in [9.17, 15) is 19.2 Å². The molecule has 4 atom stereocenters. The van der Waals surface area contributed by atoms with Crippen molar-refractivity contribution in [2.75, 3.05) is 4.90 Å². The first-order valence-electron chi connectivity index (χ1n) is 12.4. The number of nitrogens with zero attached hydrogens (tertiary/aromatic N) is 1. The molecule has 1 heterocycles. The van der Waals surface area contributed by atoms with Gasteiger partial charge in [-0.2, -0.15) is 0 Å². The van der Waals surface area contributed by atoms with Crippen LogP contribution < -0.4 is 4.90 Å². The fraction of sp³-hybridized carbons (Fsp3) is 0.267. The van der Waals surface area contributed by atoms with Gasteiger partial charge in [-0.25, -0.2) is 4.79 Å². The zero-order chi connectivity index (χ0) is 26.1. The molecule has 188 valence electrons. The van der Waals surface area contributed by atoms with E-state index in [2.05, 4.69) is 12.1 Å². The highest BCUT2D eigenvalue weighted by molar-refractivity contribution is 6.30. The molecule has 0 radical (unpaired) electrons. The third kappa shape index (κ3) is 4.94. The van der Waals surface area contributed by atoms with Gasteiger partial charge in [0.25, 0.3) is 0 Å². The van der Waals surface area contributed by atoms with Crippen LogP contribution >= 0.6 is 11.6 Å². The maximum atomic E-state index is 13.4. The monoisotopic (exact) mass is 515 g/mol. The second-order valence-electron chi connectivity index (χ2n) is 9.61. The third-order valence-electron chi connectivity index (χ3n) is 7.32. The van der Waals surface area contributed by atoms with Crippen LogP contribution in [0, 0.1) is 11.8 Å². The first-order chi connectivity index (χ1) is 17.8. The van der Waals surface area contributed by atoms with Crippen LogP contribution in [0.15, 0.2) is 78.9 Å². The Kier molecular flexibility index (Phi) is 6.94. The SMILES string of the molecule is C[C@H](OC(=O)c1cccc(N2C(=O)[C@H]3C[C@H](c4ccccc4)CC[C@H]3C2=O)c1)C(=O)c1ccc(Cl)cc1. The second kappa shape index (κ2) is 10.3. The maximum absolute atomic E-state index is 13.4. The summed E-state index contributed by atoms with van der Waals surface area (Å²) < 4.78 is 5.40. The van der Waals surface area contributed by atoms with Gasteiger partial charge < -0.3 is 4.74 Å². The normalized spacial score (nSPS) is 21.9. The van der Waals surface area contributed by atoms with Crippen LogP contribution in [0.25, 0.3) is 0 Å². The van der Waals surface area contributed by atoms with E-state index >= 15 is 0 Å². The van der Waals surface area contributed by atoms with Crippen molar-refractivity contribution >= 4 is 40.9 Å². The van der Waals surface area contributed by atoms with Gasteiger partial charge in [0, 0.05) is 10.6 Å². The molecular weight excluding hydrogens is 490 g/mol. The van der Waals surface area contributed by atoms with Crippen LogP contribution in [0.4, 0.5) is 5.69 Å². The highest BCUT2D eigenvalue weighted by Crippen LogP contribution is 2.45. The summed E-state index contributed by atoms with van der Waals surface area (Å²) in [4.78, 5) is 53.3. The lowest BCUT2D eigenvalue weighted by Gasteiger charge is -2.28. The van der Waals surface area contributed by atoms with E-state index < -0.39 is 12.1 Å². The molecular formula is C30H26ClNO5. The minimum absolute atomic E-state index is 0.158. The second-order valence-corrected chi connectivity index (χ2v) is 10.1. The summed E-state index contributed by atoms with van der Waals surface area (Å²) in [6, 6.07) is 22.7. The number of ketones is 1. The van der Waals surface area contributed by atoms with Gasteiger partial charge in [0.1, 0.15) is 0 Å². The van der Waals surface area contributed by atoms with Crippen molar-refractivity contribution in [3.05, 3.63) is 101 Å². The van der Waals surface area contributed by atoms with E-state index in [0.29, 0.717) is 29.1 Å². The number of amides is 2. The number of carbonyl (C=O) groups is 4. The smallest absolute Gasteiger partial charge is 0.338 e. The molecule has 1 aliphatic heterocycles. The van der Waals surface area contributed by atoms with E-state index in [-0.39, 0.29) is 40.9 Å². The van der Waals surface area contributed by atoms with E-state index in [1.807, 2.05) is 18.2 Å². The molecule has 37 heavy (non-hydrogen) atoms. The van der Waals surface area contributed by atoms with Crippen molar-refractivity contribution in [2.45, 2.75) is 38.2 Å². The number of Topliss-reactive ketones (excluding diaryl/α,β-unsaturated/α-hetero) is 1. The number of hydrogen-bond donors (Lipinski definition) is 0. The number of imide groups is 1. The van der Waals surface area contributed by atoms with Crippen molar-refractivity contribution in [1.82, 2.24) is 0 Å². The standard InChI is InChI=1S/C30H26ClNO5/c1-18(27(33)20-10-13-23(31)14-11-20)37-30(36)22-8-5-9-24(16-22)32-28(34)25-15-12-21(17-26(25)29(32)35)19-6-3-2-4-7-19/h2-11,13-14,16,18,21,25-26H,12,15,17H2,1H3/t18-,21+,25+,26-/m0/s1. The lowest BCUT2D eigenvalue weighted by Crippen LogP contribution is -2.31. The molecule has 1 aliphatic carbocycles. The molecule has 1 saturated carbocycles. The lowest BCUT2D eigenvalue weighted by molar-refractivity contribution is -0.122. The van der Waals surface area contributed by atoms with Gasteiger partial charge in [0.05, 0.1) is 23.1 Å². The van der Waals surface area contributed by atoms with E-state index in [1.54, 1.807) is 36.4 Å². The molecule has 0 N–H and O–H groups in total. The van der Waals surface area contributed by atoms with Gasteiger partial charge in [0.2, 0.25) is 17.6 Å². The summed E-state index contributed by atoms with van der Waals surface area (Å²) in [5.41, 5.74) is 2.06. The molecule has 2 aliphatic rings. The van der Waals surface area contributed by atoms with Crippen molar-refractivity contribution in [1.29, 1.82) is 0 Å². The number of benzene rings is 3. The Morgan fingerprint density at radius 1 is 0.865 bits per heavy atom. The Labute approximate surface area is 220 Å². The highest BCUT2D eigenvalue weighted by Gasteiger charge is 2.50. The van der Waals surface area contributed by atoms with Crippen LogP contribution in [0.1, 0.15) is 58.4 Å². The molecule has 6 nitrogen and oxygen atoms in total. The quantitative estimate of drug-likeness (QED) is 0.234. The van der Waals surface area contributed by atoms with Crippen LogP contribution in [-0.2, 0) is 14.3 Å². The Bertz CT molecular complexity index is 1350. The van der Waals surface area contributed by atoms with Gasteiger partial charge >= 0.3 is 5.97 Å². The molecule has 1 saturated heterocycles. The lowest BCUT2D eigenvalue weighted by atomic mass is 9.73. The molecule has 2 amide bonds. The summed E-state index contributed by atoms with van der Waals surface area (Å²) >= 11 is 5.88. The maximum Gasteiger partial charge on any atom is 0.338 e. The largest absolute Gasteiger partial charge is 0.451 e. The summed E-state index contributed by atoms with van der Waals surface area (Å²) in [5.74, 6) is -2.01. The average molecular weight is 516 g/mol. The highest BCUT2D eigenvalue weighted by atomic mass is 35.5. The van der Waals surface area contributed by atoms with Gasteiger partial charge in [-0.05, 0) is 80.1 Å². The molecule has 3 aromatic rings. The van der Waals surface area contributed by atoms with Crippen LogP contribution in [0.5, 0.6) is 0 Å². The fourth-order valence-electron chi connectivity index (χ4n) is 5.36. The van der Waals surface area contributed by atoms with E-state index in [4.69, 9.17) is 16.3 Å².